The zero-order valence-electron chi connectivity index (χ0n) is 24.3. The Morgan fingerprint density at radius 3 is 0.848 bits per heavy atom. The van der Waals surface area contributed by atoms with E-state index >= 15 is 0 Å². The van der Waals surface area contributed by atoms with Gasteiger partial charge in [0.1, 0.15) is 0 Å². The van der Waals surface area contributed by atoms with E-state index in [-0.39, 0.29) is 0 Å². The Morgan fingerprint density at radius 2 is 0.667 bits per heavy atom. The van der Waals surface area contributed by atoms with Crippen LogP contribution in [-0.2, 0) is 20.6 Å². The van der Waals surface area contributed by atoms with Crippen molar-refractivity contribution in [2.45, 2.75) is 103 Å². The predicted molar refractivity (Wildman–Crippen MR) is 157 cm³/mol. The van der Waals surface area contributed by atoms with Gasteiger partial charge in [0.05, 0.1) is 0 Å². The monoisotopic (exact) mass is 572 g/mol. The molecule has 0 aromatic carbocycles. The Bertz CT molecular complexity index is 479. The molecule has 0 aliphatic rings. The molecule has 0 saturated heterocycles. The Morgan fingerprint density at radius 1 is 0.424 bits per heavy atom. The van der Waals surface area contributed by atoms with Gasteiger partial charge in [-0.25, -0.2) is 0 Å². The zero-order chi connectivity index (χ0) is 26.2. The lowest BCUT2D eigenvalue weighted by molar-refractivity contribution is 0.171. The summed E-state index contributed by atoms with van der Waals surface area (Å²) in [6.07, 6.45) is 1.89. The summed E-state index contributed by atoms with van der Waals surface area (Å²) in [5.41, 5.74) is 0. The molecule has 0 aromatic rings. The molecule has 0 aliphatic carbocycles. The van der Waals surface area contributed by atoms with Gasteiger partial charge in [-0.1, -0.05) is 0 Å². The molecule has 13 heteroatoms. The molecule has 0 rings (SSSR count). The highest BCUT2D eigenvalue weighted by Gasteiger charge is 2.58. The minimum atomic E-state index is -3.08. The lowest BCUT2D eigenvalue weighted by Gasteiger charge is -2.47. The van der Waals surface area contributed by atoms with Gasteiger partial charge in [0.25, 0.3) is 0 Å². The smallest absolute Gasteiger partial charge is 0.417 e. The molecular formula is C20H56N2O5Si6. The fraction of sp³-hybridized carbons (Fsp3) is 1.00. The molecule has 0 radical (unpaired) electrons. The molecule has 0 fully saturated rings. The molecule has 0 amide bonds. The van der Waals surface area contributed by atoms with Crippen molar-refractivity contribution in [2.75, 3.05) is 27.2 Å². The Labute approximate surface area is 212 Å². The summed E-state index contributed by atoms with van der Waals surface area (Å²) in [7, 11) is -10.1. The highest BCUT2D eigenvalue weighted by molar-refractivity contribution is 6.92. The molecule has 33 heavy (non-hydrogen) atoms. The number of hydrogen-bond donors (Lipinski definition) is 2. The summed E-state index contributed by atoms with van der Waals surface area (Å²) >= 11 is 0. The van der Waals surface area contributed by atoms with E-state index in [1.165, 1.54) is 0 Å². The maximum atomic E-state index is 7.30. The maximum Gasteiger partial charge on any atom is 0.472 e. The van der Waals surface area contributed by atoms with Crippen LogP contribution >= 0.6 is 0 Å². The van der Waals surface area contributed by atoms with E-state index in [0.29, 0.717) is 0 Å². The summed E-state index contributed by atoms with van der Waals surface area (Å²) in [6.45, 7) is 28.6. The fourth-order valence-electron chi connectivity index (χ4n) is 3.50. The summed E-state index contributed by atoms with van der Waals surface area (Å²) in [5.74, 6) is 0. The minimum absolute atomic E-state index is 0.785. The van der Waals surface area contributed by atoms with Gasteiger partial charge in [-0.2, -0.15) is 0 Å². The molecular weight excluding hydrogens is 517 g/mol. The van der Waals surface area contributed by atoms with Crippen molar-refractivity contribution in [2.24, 2.45) is 0 Å². The van der Waals surface area contributed by atoms with Crippen LogP contribution in [0.5, 0.6) is 0 Å². The van der Waals surface area contributed by atoms with Crippen LogP contribution < -0.4 is 10.6 Å². The van der Waals surface area contributed by atoms with Crippen molar-refractivity contribution >= 4 is 50.9 Å². The van der Waals surface area contributed by atoms with Crippen molar-refractivity contribution in [1.29, 1.82) is 0 Å². The SMILES string of the molecule is CNCCC[Si](O[Si](C)(C)C)(O[Si](C)(C)C)O[Si](CCCNC)(O[Si](C)(C)C)O[Si](C)(C)C. The molecule has 0 spiro atoms. The van der Waals surface area contributed by atoms with E-state index in [2.05, 4.69) is 89.2 Å². The van der Waals surface area contributed by atoms with Gasteiger partial charge >= 0.3 is 17.6 Å². The Balaban J connectivity index is 6.65. The first-order valence-corrected chi connectivity index (χ1v) is 30.0. The van der Waals surface area contributed by atoms with Crippen LogP contribution in [0.3, 0.4) is 0 Å². The number of rotatable bonds is 18. The van der Waals surface area contributed by atoms with Crippen LogP contribution in [0.2, 0.25) is 90.7 Å². The normalized spacial score (nSPS) is 14.7. The molecule has 2 N–H and O–H groups in total. The summed E-state index contributed by atoms with van der Waals surface area (Å²) in [4.78, 5) is 0. The number of nitrogens with one attached hydrogen (secondary N) is 2. The maximum absolute atomic E-state index is 7.30. The second-order valence-corrected chi connectivity index (χ2v) is 37.5. The molecule has 200 valence electrons. The number of hydrogen-bond acceptors (Lipinski definition) is 7. The zero-order valence-corrected chi connectivity index (χ0v) is 30.3. The third-order valence-electron chi connectivity index (χ3n) is 3.98. The van der Waals surface area contributed by atoms with Crippen LogP contribution in [0.25, 0.3) is 0 Å². The topological polar surface area (TPSA) is 70.2 Å². The molecule has 0 bridgehead atoms. The Kier molecular flexibility index (Phi) is 14.0. The van der Waals surface area contributed by atoms with Gasteiger partial charge in [-0.15, -0.1) is 0 Å². The van der Waals surface area contributed by atoms with Crippen LogP contribution in [0.1, 0.15) is 12.8 Å². The van der Waals surface area contributed by atoms with Gasteiger partial charge in [0.15, 0.2) is 33.3 Å². The summed E-state index contributed by atoms with van der Waals surface area (Å²) in [6, 6.07) is 1.57. The van der Waals surface area contributed by atoms with Crippen LogP contribution in [0, 0.1) is 0 Å². The van der Waals surface area contributed by atoms with E-state index in [0.717, 1.165) is 38.0 Å². The average molecular weight is 573 g/mol. The van der Waals surface area contributed by atoms with Crippen LogP contribution in [-0.4, -0.2) is 78.1 Å². The van der Waals surface area contributed by atoms with E-state index in [4.69, 9.17) is 20.6 Å². The standard InChI is InChI=1S/C20H56N2O5Si6/c1-21-17-15-19-32(23-28(3,4)5,24-29(6,7)8)27-33(20-16-18-22-2,25-30(9,10)11)26-31(12,13)14/h21-22H,15-20H2,1-14H3. The van der Waals surface area contributed by atoms with E-state index in [9.17, 15) is 0 Å². The minimum Gasteiger partial charge on any atom is -0.417 e. The highest BCUT2D eigenvalue weighted by atomic mass is 28.5. The first-order valence-electron chi connectivity index (χ1n) is 12.5. The molecule has 0 unspecified atom stereocenters. The molecule has 0 aliphatic heterocycles. The average Bonchev–Trinajstić information content (AvgIpc) is 2.48. The van der Waals surface area contributed by atoms with Crippen molar-refractivity contribution in [1.82, 2.24) is 10.6 Å². The highest BCUT2D eigenvalue weighted by Crippen LogP contribution is 2.35. The fourth-order valence-corrected chi connectivity index (χ4v) is 27.2. The van der Waals surface area contributed by atoms with Crippen molar-refractivity contribution in [3.8, 4) is 0 Å². The predicted octanol–water partition coefficient (Wildman–Crippen LogP) is 5.51. The van der Waals surface area contributed by atoms with Crippen molar-refractivity contribution in [3.05, 3.63) is 0 Å². The van der Waals surface area contributed by atoms with Crippen LogP contribution in [0.15, 0.2) is 0 Å². The van der Waals surface area contributed by atoms with Crippen molar-refractivity contribution in [3.63, 3.8) is 0 Å². The quantitative estimate of drug-likeness (QED) is 0.166. The summed E-state index contributed by atoms with van der Waals surface area (Å²) < 4.78 is 35.2. The third kappa shape index (κ3) is 17.2. The lowest BCUT2D eigenvalue weighted by atomic mass is 10.5. The van der Waals surface area contributed by atoms with Gasteiger partial charge in [-0.05, 0) is 119 Å². The molecule has 7 nitrogen and oxygen atoms in total. The Hall–Kier alpha value is 1.02. The second-order valence-electron chi connectivity index (χ2n) is 12.7. The first kappa shape index (κ1) is 34.0. The molecule has 0 heterocycles. The van der Waals surface area contributed by atoms with Gasteiger partial charge < -0.3 is 31.2 Å². The third-order valence-corrected chi connectivity index (χ3v) is 23.2. The second kappa shape index (κ2) is 13.5. The molecule has 0 saturated carbocycles. The molecule has 0 aromatic heterocycles. The van der Waals surface area contributed by atoms with Gasteiger partial charge in [0, 0.05) is 12.1 Å². The first-order chi connectivity index (χ1) is 14.7. The van der Waals surface area contributed by atoms with E-state index in [1.54, 1.807) is 0 Å². The van der Waals surface area contributed by atoms with Gasteiger partial charge in [-0.3, -0.25) is 0 Å². The van der Waals surface area contributed by atoms with E-state index < -0.39 is 50.9 Å². The lowest BCUT2D eigenvalue weighted by Crippen LogP contribution is -2.67. The largest absolute Gasteiger partial charge is 0.472 e. The molecule has 0 atom stereocenters. The summed E-state index contributed by atoms with van der Waals surface area (Å²) in [5, 5.41) is 6.56. The van der Waals surface area contributed by atoms with Crippen molar-refractivity contribution < 1.29 is 20.6 Å². The van der Waals surface area contributed by atoms with Crippen LogP contribution in [0.4, 0.5) is 0 Å². The van der Waals surface area contributed by atoms with E-state index in [1.807, 2.05) is 14.1 Å². The van der Waals surface area contributed by atoms with Gasteiger partial charge in [0.2, 0.25) is 0 Å².